The fraction of sp³-hybridized carbons (Fsp3) is 0.625. The molecule has 106 valence electrons. The van der Waals surface area contributed by atoms with Gasteiger partial charge in [0.2, 0.25) is 0 Å². The predicted molar refractivity (Wildman–Crippen MR) is 78.0 cm³/mol. The molecule has 0 amide bonds. The fourth-order valence-electron chi connectivity index (χ4n) is 3.76. The molecule has 1 aromatic rings. The van der Waals surface area contributed by atoms with Crippen LogP contribution >= 0.6 is 0 Å². The second kappa shape index (κ2) is 5.90. The normalized spacial score (nSPS) is 27.8. The van der Waals surface area contributed by atoms with Gasteiger partial charge < -0.3 is 4.90 Å². The van der Waals surface area contributed by atoms with Crippen molar-refractivity contribution in [1.29, 1.82) is 5.26 Å². The number of pyridine rings is 1. The molecule has 1 aromatic heterocycles. The van der Waals surface area contributed by atoms with Gasteiger partial charge in [-0.1, -0.05) is 0 Å². The van der Waals surface area contributed by atoms with Crippen LogP contribution in [-0.4, -0.2) is 47.5 Å². The first-order chi connectivity index (χ1) is 9.76. The maximum Gasteiger partial charge on any atom is 0.140 e. The van der Waals surface area contributed by atoms with Gasteiger partial charge in [-0.2, -0.15) is 5.26 Å². The molecule has 4 heteroatoms. The summed E-state index contributed by atoms with van der Waals surface area (Å²) in [4.78, 5) is 9.13. The second-order valence-electron chi connectivity index (χ2n) is 6.14. The third-order valence-corrected chi connectivity index (χ3v) is 4.77. The van der Waals surface area contributed by atoms with E-state index in [1.165, 1.54) is 37.9 Å². The lowest BCUT2D eigenvalue weighted by atomic mass is 9.84. The van der Waals surface area contributed by atoms with Crippen molar-refractivity contribution < 1.29 is 0 Å². The average molecular weight is 270 g/mol. The molecule has 0 N–H and O–H groups in total. The van der Waals surface area contributed by atoms with Gasteiger partial charge in [0.1, 0.15) is 11.8 Å². The van der Waals surface area contributed by atoms with Gasteiger partial charge in [-0.3, -0.25) is 4.90 Å². The van der Waals surface area contributed by atoms with Crippen LogP contribution in [0.3, 0.4) is 0 Å². The van der Waals surface area contributed by atoms with Crippen molar-refractivity contribution in [3.05, 3.63) is 29.6 Å². The molecule has 4 nitrogen and oxygen atoms in total. The minimum Gasteiger partial charge on any atom is -0.303 e. The number of hydrogen-bond acceptors (Lipinski definition) is 4. The van der Waals surface area contributed by atoms with Crippen molar-refractivity contribution in [2.24, 2.45) is 5.92 Å². The molecule has 0 aliphatic carbocycles. The van der Waals surface area contributed by atoms with E-state index in [0.717, 1.165) is 25.0 Å². The summed E-state index contributed by atoms with van der Waals surface area (Å²) in [5, 5.41) is 8.92. The molecule has 3 rings (SSSR count). The zero-order valence-corrected chi connectivity index (χ0v) is 12.1. The first-order valence-electron chi connectivity index (χ1n) is 7.54. The van der Waals surface area contributed by atoms with Gasteiger partial charge in [0.25, 0.3) is 0 Å². The average Bonchev–Trinajstić information content (AvgIpc) is 2.47. The summed E-state index contributed by atoms with van der Waals surface area (Å²) in [6, 6.07) is 6.85. The lowest BCUT2D eigenvalue weighted by molar-refractivity contribution is 0.0355. The third-order valence-electron chi connectivity index (χ3n) is 4.77. The maximum atomic E-state index is 8.92. The number of fused-ring (bicyclic) bond motifs is 1. The van der Waals surface area contributed by atoms with Crippen LogP contribution < -0.4 is 0 Å². The molecule has 2 aliphatic rings. The minimum atomic E-state index is 0.523. The molecule has 0 bridgehead atoms. The SMILES string of the molecule is CN1CCCC2CN(Cc3ccnc(C#N)c3)CCC21. The summed E-state index contributed by atoms with van der Waals surface area (Å²) in [5.41, 5.74) is 1.73. The summed E-state index contributed by atoms with van der Waals surface area (Å²) in [6.45, 7) is 4.57. The number of likely N-dealkylation sites (tertiary alicyclic amines) is 2. The lowest BCUT2D eigenvalue weighted by Crippen LogP contribution is -2.52. The molecule has 2 fully saturated rings. The topological polar surface area (TPSA) is 43.2 Å². The Kier molecular flexibility index (Phi) is 4.00. The molecule has 2 atom stereocenters. The van der Waals surface area contributed by atoms with Crippen molar-refractivity contribution in [3.63, 3.8) is 0 Å². The first-order valence-corrected chi connectivity index (χ1v) is 7.54. The summed E-state index contributed by atoms with van der Waals surface area (Å²) in [7, 11) is 2.27. The number of rotatable bonds is 2. The molecular weight excluding hydrogens is 248 g/mol. The van der Waals surface area contributed by atoms with E-state index in [1.807, 2.05) is 12.1 Å². The van der Waals surface area contributed by atoms with E-state index >= 15 is 0 Å². The molecule has 3 heterocycles. The maximum absolute atomic E-state index is 8.92. The smallest absolute Gasteiger partial charge is 0.140 e. The van der Waals surface area contributed by atoms with Crippen LogP contribution in [0.2, 0.25) is 0 Å². The summed E-state index contributed by atoms with van der Waals surface area (Å²) < 4.78 is 0. The van der Waals surface area contributed by atoms with Crippen LogP contribution in [0.25, 0.3) is 0 Å². The van der Waals surface area contributed by atoms with E-state index in [2.05, 4.69) is 27.9 Å². The lowest BCUT2D eigenvalue weighted by Gasteiger charge is -2.46. The predicted octanol–water partition coefficient (Wildman–Crippen LogP) is 1.87. The van der Waals surface area contributed by atoms with Crippen LogP contribution in [-0.2, 0) is 6.54 Å². The molecule has 2 saturated heterocycles. The number of nitriles is 1. The first kappa shape index (κ1) is 13.5. The Morgan fingerprint density at radius 1 is 1.40 bits per heavy atom. The van der Waals surface area contributed by atoms with Crippen molar-refractivity contribution in [2.45, 2.75) is 31.8 Å². The molecule has 2 unspecified atom stereocenters. The second-order valence-corrected chi connectivity index (χ2v) is 6.14. The van der Waals surface area contributed by atoms with Crippen LogP contribution in [0.5, 0.6) is 0 Å². The molecule has 0 saturated carbocycles. The highest BCUT2D eigenvalue weighted by molar-refractivity contribution is 5.25. The Morgan fingerprint density at radius 2 is 2.30 bits per heavy atom. The number of piperidine rings is 2. The number of aromatic nitrogens is 1. The standard InChI is InChI=1S/C16H22N4/c1-19-7-2-3-14-12-20(8-5-16(14)19)11-13-4-6-18-15(9-13)10-17/h4,6,9,14,16H,2-3,5,7-8,11-12H2,1H3. The van der Waals surface area contributed by atoms with Gasteiger partial charge in [-0.15, -0.1) is 0 Å². The largest absolute Gasteiger partial charge is 0.303 e. The number of nitrogens with zero attached hydrogens (tertiary/aromatic N) is 4. The summed E-state index contributed by atoms with van der Waals surface area (Å²) in [6.07, 6.45) is 5.72. The van der Waals surface area contributed by atoms with Crippen LogP contribution in [0.1, 0.15) is 30.5 Å². The zero-order valence-electron chi connectivity index (χ0n) is 12.1. The van der Waals surface area contributed by atoms with Crippen molar-refractivity contribution in [3.8, 4) is 6.07 Å². The van der Waals surface area contributed by atoms with Crippen molar-refractivity contribution >= 4 is 0 Å². The van der Waals surface area contributed by atoms with E-state index in [0.29, 0.717) is 5.69 Å². The van der Waals surface area contributed by atoms with Gasteiger partial charge in [0, 0.05) is 25.3 Å². The number of hydrogen-bond donors (Lipinski definition) is 0. The quantitative estimate of drug-likeness (QED) is 0.823. The Hall–Kier alpha value is -1.44. The van der Waals surface area contributed by atoms with Gasteiger partial charge in [0.15, 0.2) is 0 Å². The van der Waals surface area contributed by atoms with Crippen LogP contribution in [0, 0.1) is 17.2 Å². The molecule has 0 spiro atoms. The van der Waals surface area contributed by atoms with Crippen molar-refractivity contribution in [2.75, 3.05) is 26.7 Å². The molecule has 0 aromatic carbocycles. The highest BCUT2D eigenvalue weighted by Crippen LogP contribution is 2.30. The van der Waals surface area contributed by atoms with Gasteiger partial charge >= 0.3 is 0 Å². The fourth-order valence-corrected chi connectivity index (χ4v) is 3.76. The Labute approximate surface area is 121 Å². The van der Waals surface area contributed by atoms with E-state index in [1.54, 1.807) is 6.20 Å². The van der Waals surface area contributed by atoms with E-state index < -0.39 is 0 Å². The van der Waals surface area contributed by atoms with Crippen LogP contribution in [0.4, 0.5) is 0 Å². The monoisotopic (exact) mass is 270 g/mol. The summed E-state index contributed by atoms with van der Waals surface area (Å²) >= 11 is 0. The van der Waals surface area contributed by atoms with Crippen LogP contribution in [0.15, 0.2) is 18.3 Å². The third kappa shape index (κ3) is 2.84. The van der Waals surface area contributed by atoms with E-state index in [4.69, 9.17) is 5.26 Å². The minimum absolute atomic E-state index is 0.523. The van der Waals surface area contributed by atoms with E-state index in [9.17, 15) is 0 Å². The highest BCUT2D eigenvalue weighted by Gasteiger charge is 2.33. The van der Waals surface area contributed by atoms with Crippen molar-refractivity contribution in [1.82, 2.24) is 14.8 Å². The Balaban J connectivity index is 1.63. The zero-order chi connectivity index (χ0) is 13.9. The molecule has 0 radical (unpaired) electrons. The molecule has 20 heavy (non-hydrogen) atoms. The highest BCUT2D eigenvalue weighted by atomic mass is 15.2. The Morgan fingerprint density at radius 3 is 3.15 bits per heavy atom. The van der Waals surface area contributed by atoms with Gasteiger partial charge in [-0.25, -0.2) is 4.98 Å². The molecule has 2 aliphatic heterocycles. The summed E-state index contributed by atoms with van der Waals surface area (Å²) in [5.74, 6) is 0.819. The molecular formula is C16H22N4. The van der Waals surface area contributed by atoms with Gasteiger partial charge in [-0.05, 0) is 63.0 Å². The van der Waals surface area contributed by atoms with Gasteiger partial charge in [0.05, 0.1) is 0 Å². The Bertz CT molecular complexity index is 507. The van der Waals surface area contributed by atoms with E-state index in [-0.39, 0.29) is 0 Å².